The lowest BCUT2D eigenvalue weighted by Gasteiger charge is -2.08. The van der Waals surface area contributed by atoms with Gasteiger partial charge in [0, 0.05) is 27.0 Å². The van der Waals surface area contributed by atoms with Gasteiger partial charge in [-0.1, -0.05) is 47.1 Å². The van der Waals surface area contributed by atoms with Crippen LogP contribution in [0.25, 0.3) is 0 Å². The standard InChI is InChI=1S/C16H13Cl2N5OS/c17-11-5-12(18)7-13(6-11)20-14(24)10-3-1-2-9(4-10)8-25-16-21-15(19)22-23-16/h1-7H,8H2,(H,20,24)(H3,19,21,22,23). The first-order chi connectivity index (χ1) is 12.0. The zero-order chi connectivity index (χ0) is 17.8. The van der Waals surface area contributed by atoms with Crippen LogP contribution < -0.4 is 11.1 Å². The molecule has 0 aliphatic heterocycles. The number of hydrogen-bond donors (Lipinski definition) is 3. The van der Waals surface area contributed by atoms with E-state index in [2.05, 4.69) is 20.5 Å². The molecule has 3 aromatic rings. The molecular formula is C16H13Cl2N5OS. The van der Waals surface area contributed by atoms with Crippen molar-refractivity contribution in [1.82, 2.24) is 15.2 Å². The Kier molecular flexibility index (Phi) is 5.47. The maximum atomic E-state index is 12.4. The molecule has 128 valence electrons. The number of H-pyrrole nitrogens is 1. The van der Waals surface area contributed by atoms with Gasteiger partial charge in [-0.15, -0.1) is 5.10 Å². The Hall–Kier alpha value is -2.22. The van der Waals surface area contributed by atoms with Gasteiger partial charge in [0.25, 0.3) is 5.91 Å². The predicted molar refractivity (Wildman–Crippen MR) is 101 cm³/mol. The van der Waals surface area contributed by atoms with Crippen LogP contribution in [0.15, 0.2) is 47.6 Å². The van der Waals surface area contributed by atoms with Crippen LogP contribution in [0.1, 0.15) is 15.9 Å². The van der Waals surface area contributed by atoms with Gasteiger partial charge in [-0.2, -0.15) is 4.98 Å². The smallest absolute Gasteiger partial charge is 0.255 e. The van der Waals surface area contributed by atoms with Crippen molar-refractivity contribution >= 4 is 52.5 Å². The first kappa shape index (κ1) is 17.6. The molecule has 0 spiro atoms. The molecule has 1 heterocycles. The zero-order valence-electron chi connectivity index (χ0n) is 12.8. The maximum absolute atomic E-state index is 12.4. The highest BCUT2D eigenvalue weighted by Gasteiger charge is 2.09. The lowest BCUT2D eigenvalue weighted by atomic mass is 10.1. The van der Waals surface area contributed by atoms with E-state index in [0.717, 1.165) is 5.56 Å². The zero-order valence-corrected chi connectivity index (χ0v) is 15.1. The van der Waals surface area contributed by atoms with Gasteiger partial charge in [-0.05, 0) is 35.9 Å². The van der Waals surface area contributed by atoms with Gasteiger partial charge in [-0.25, -0.2) is 5.10 Å². The monoisotopic (exact) mass is 393 g/mol. The first-order valence-electron chi connectivity index (χ1n) is 7.16. The fourth-order valence-corrected chi connectivity index (χ4v) is 3.38. The summed E-state index contributed by atoms with van der Waals surface area (Å²) in [6.07, 6.45) is 0. The Labute approximate surface area is 158 Å². The molecular weight excluding hydrogens is 381 g/mol. The first-order valence-corrected chi connectivity index (χ1v) is 8.91. The van der Waals surface area contributed by atoms with E-state index < -0.39 is 0 Å². The minimum absolute atomic E-state index is 0.243. The number of carbonyl (C=O) groups is 1. The molecule has 3 rings (SSSR count). The summed E-state index contributed by atoms with van der Waals surface area (Å²) in [5.74, 6) is 0.643. The summed E-state index contributed by atoms with van der Waals surface area (Å²) in [6, 6.07) is 12.2. The van der Waals surface area contributed by atoms with Crippen molar-refractivity contribution in [2.45, 2.75) is 10.9 Å². The molecule has 6 nitrogen and oxygen atoms in total. The number of thioether (sulfide) groups is 1. The molecule has 4 N–H and O–H groups in total. The molecule has 1 amide bonds. The second kappa shape index (κ2) is 7.77. The Bertz CT molecular complexity index is 895. The number of carbonyl (C=O) groups excluding carboxylic acids is 1. The third-order valence-corrected chi connectivity index (χ3v) is 4.51. The highest BCUT2D eigenvalue weighted by molar-refractivity contribution is 7.98. The Morgan fingerprint density at radius 3 is 2.64 bits per heavy atom. The summed E-state index contributed by atoms with van der Waals surface area (Å²) in [5, 5.41) is 10.8. The van der Waals surface area contributed by atoms with Crippen molar-refractivity contribution in [3.63, 3.8) is 0 Å². The van der Waals surface area contributed by atoms with E-state index in [1.807, 2.05) is 18.2 Å². The Morgan fingerprint density at radius 2 is 1.96 bits per heavy atom. The number of rotatable bonds is 5. The van der Waals surface area contributed by atoms with E-state index in [0.29, 0.717) is 32.2 Å². The molecule has 0 radical (unpaired) electrons. The molecule has 25 heavy (non-hydrogen) atoms. The number of nitrogens with two attached hydrogens (primary N) is 1. The number of aromatic amines is 1. The van der Waals surface area contributed by atoms with Crippen LogP contribution in [-0.2, 0) is 5.75 Å². The van der Waals surface area contributed by atoms with Gasteiger partial charge in [0.1, 0.15) is 0 Å². The SMILES string of the molecule is Nc1nc(SCc2cccc(C(=O)Nc3cc(Cl)cc(Cl)c3)c2)n[nH]1. The number of halogens is 2. The van der Waals surface area contributed by atoms with E-state index in [1.54, 1.807) is 24.3 Å². The molecule has 1 aromatic heterocycles. The molecule has 2 aromatic carbocycles. The number of hydrogen-bond acceptors (Lipinski definition) is 5. The number of nitrogen functional groups attached to an aromatic ring is 1. The molecule has 0 unspecified atom stereocenters. The van der Waals surface area contributed by atoms with E-state index in [4.69, 9.17) is 28.9 Å². The molecule has 0 saturated carbocycles. The highest BCUT2D eigenvalue weighted by Crippen LogP contribution is 2.24. The lowest BCUT2D eigenvalue weighted by molar-refractivity contribution is 0.102. The van der Waals surface area contributed by atoms with Gasteiger partial charge >= 0.3 is 0 Å². The second-order valence-corrected chi connectivity index (χ2v) is 6.92. The number of nitrogens with one attached hydrogen (secondary N) is 2. The number of aromatic nitrogens is 3. The highest BCUT2D eigenvalue weighted by atomic mass is 35.5. The average molecular weight is 394 g/mol. The van der Waals surface area contributed by atoms with E-state index in [9.17, 15) is 4.79 Å². The Morgan fingerprint density at radius 1 is 1.20 bits per heavy atom. The molecule has 0 aliphatic carbocycles. The van der Waals surface area contributed by atoms with Crippen LogP contribution in [0.3, 0.4) is 0 Å². The molecule has 0 bridgehead atoms. The van der Waals surface area contributed by atoms with Crippen LogP contribution in [0, 0.1) is 0 Å². The van der Waals surface area contributed by atoms with E-state index >= 15 is 0 Å². The fraction of sp³-hybridized carbons (Fsp3) is 0.0625. The van der Waals surface area contributed by atoms with Crippen LogP contribution in [0.4, 0.5) is 11.6 Å². The van der Waals surface area contributed by atoms with E-state index in [-0.39, 0.29) is 11.9 Å². The minimum Gasteiger partial charge on any atom is -0.368 e. The summed E-state index contributed by atoms with van der Waals surface area (Å²) < 4.78 is 0. The lowest BCUT2D eigenvalue weighted by Crippen LogP contribution is -2.12. The number of amides is 1. The molecule has 0 aliphatic rings. The number of nitrogens with zero attached hydrogens (tertiary/aromatic N) is 2. The largest absolute Gasteiger partial charge is 0.368 e. The molecule has 0 fully saturated rings. The normalized spacial score (nSPS) is 10.6. The summed E-state index contributed by atoms with van der Waals surface area (Å²) in [7, 11) is 0. The summed E-state index contributed by atoms with van der Waals surface area (Å²) >= 11 is 13.3. The number of benzene rings is 2. The molecule has 0 atom stereocenters. The summed E-state index contributed by atoms with van der Waals surface area (Å²) in [4.78, 5) is 16.4. The van der Waals surface area contributed by atoms with Crippen LogP contribution in [-0.4, -0.2) is 21.1 Å². The molecule has 9 heteroatoms. The predicted octanol–water partition coefficient (Wildman–Crippen LogP) is 4.24. The fourth-order valence-electron chi connectivity index (χ4n) is 2.10. The van der Waals surface area contributed by atoms with Crippen molar-refractivity contribution in [1.29, 1.82) is 0 Å². The van der Waals surface area contributed by atoms with Crippen molar-refractivity contribution < 1.29 is 4.79 Å². The van der Waals surface area contributed by atoms with Crippen molar-refractivity contribution in [2.75, 3.05) is 11.1 Å². The van der Waals surface area contributed by atoms with Crippen molar-refractivity contribution in [2.24, 2.45) is 0 Å². The van der Waals surface area contributed by atoms with Gasteiger partial charge in [-0.3, -0.25) is 4.79 Å². The topological polar surface area (TPSA) is 96.7 Å². The average Bonchev–Trinajstić information content (AvgIpc) is 2.98. The summed E-state index contributed by atoms with van der Waals surface area (Å²) in [5.41, 5.74) is 7.53. The van der Waals surface area contributed by atoms with Gasteiger partial charge < -0.3 is 11.1 Å². The minimum atomic E-state index is -0.243. The third-order valence-electron chi connectivity index (χ3n) is 3.16. The van der Waals surface area contributed by atoms with Crippen molar-refractivity contribution in [3.8, 4) is 0 Å². The molecule has 0 saturated heterocycles. The van der Waals surface area contributed by atoms with Crippen LogP contribution >= 0.6 is 35.0 Å². The summed E-state index contributed by atoms with van der Waals surface area (Å²) in [6.45, 7) is 0. The quantitative estimate of drug-likeness (QED) is 0.563. The van der Waals surface area contributed by atoms with Crippen molar-refractivity contribution in [3.05, 3.63) is 63.6 Å². The van der Waals surface area contributed by atoms with Gasteiger partial charge in [0.05, 0.1) is 0 Å². The number of anilines is 2. The third kappa shape index (κ3) is 4.88. The second-order valence-electron chi connectivity index (χ2n) is 5.10. The Balaban J connectivity index is 1.68. The maximum Gasteiger partial charge on any atom is 0.255 e. The van der Waals surface area contributed by atoms with Crippen LogP contribution in [0.5, 0.6) is 0 Å². The van der Waals surface area contributed by atoms with Crippen LogP contribution in [0.2, 0.25) is 10.0 Å². The van der Waals surface area contributed by atoms with Gasteiger partial charge in [0.2, 0.25) is 11.1 Å². The van der Waals surface area contributed by atoms with E-state index in [1.165, 1.54) is 11.8 Å². The van der Waals surface area contributed by atoms with Gasteiger partial charge in [0.15, 0.2) is 0 Å².